The van der Waals surface area contributed by atoms with E-state index in [1.807, 2.05) is 6.07 Å². The van der Waals surface area contributed by atoms with Gasteiger partial charge in [-0.1, -0.05) is 6.07 Å². The van der Waals surface area contributed by atoms with Crippen molar-refractivity contribution in [2.75, 3.05) is 20.1 Å². The third kappa shape index (κ3) is 2.90. The van der Waals surface area contributed by atoms with Gasteiger partial charge in [0.2, 0.25) is 10.0 Å². The van der Waals surface area contributed by atoms with E-state index in [1.165, 1.54) is 10.4 Å². The monoisotopic (exact) mass is 301 g/mol. The van der Waals surface area contributed by atoms with Crippen molar-refractivity contribution in [3.63, 3.8) is 0 Å². The van der Waals surface area contributed by atoms with Gasteiger partial charge in [0.05, 0.1) is 16.5 Å². The average molecular weight is 302 g/mol. The number of hydrogen-bond acceptors (Lipinski definition) is 4. The predicted molar refractivity (Wildman–Crippen MR) is 74.7 cm³/mol. The molecule has 104 valence electrons. The molecule has 0 atom stereocenters. The number of benzene rings is 1. The van der Waals surface area contributed by atoms with Crippen molar-refractivity contribution < 1.29 is 8.42 Å². The second kappa shape index (κ2) is 5.88. The summed E-state index contributed by atoms with van der Waals surface area (Å²) < 4.78 is 26.3. The van der Waals surface area contributed by atoms with Crippen molar-refractivity contribution in [3.05, 3.63) is 29.3 Å². The lowest BCUT2D eigenvalue weighted by Crippen LogP contribution is -2.57. The highest BCUT2D eigenvalue weighted by molar-refractivity contribution is 7.89. The molecule has 0 radical (unpaired) electrons. The van der Waals surface area contributed by atoms with Gasteiger partial charge in [-0.2, -0.15) is 9.57 Å². The number of sulfonamides is 1. The minimum Gasteiger partial charge on any atom is -0.313 e. The first-order valence-corrected chi connectivity index (χ1v) is 7.10. The lowest BCUT2D eigenvalue weighted by Gasteiger charge is -2.34. The molecule has 1 fully saturated rings. The zero-order valence-corrected chi connectivity index (χ0v) is 12.4. The van der Waals surface area contributed by atoms with Crippen LogP contribution >= 0.6 is 12.4 Å². The minimum absolute atomic E-state index is 0. The van der Waals surface area contributed by atoms with Crippen molar-refractivity contribution in [2.45, 2.75) is 17.9 Å². The standard InChI is InChI=1S/C12H15N3O2S.ClH/c1-9-3-4-10(6-13)5-12(9)18(16,17)15(2)11-7-14-8-11;/h3-5,11,14H,7-8H2,1-2H3;1H. The van der Waals surface area contributed by atoms with Crippen molar-refractivity contribution in [1.29, 1.82) is 5.26 Å². The summed E-state index contributed by atoms with van der Waals surface area (Å²) in [6.45, 7) is 3.08. The quantitative estimate of drug-likeness (QED) is 0.899. The van der Waals surface area contributed by atoms with Gasteiger partial charge in [0.25, 0.3) is 0 Å². The number of nitrogens with zero attached hydrogens (tertiary/aromatic N) is 2. The Morgan fingerprint density at radius 3 is 2.53 bits per heavy atom. The van der Waals surface area contributed by atoms with Gasteiger partial charge in [-0.15, -0.1) is 12.4 Å². The fourth-order valence-corrected chi connectivity index (χ4v) is 3.43. The van der Waals surface area contributed by atoms with Crippen LogP contribution in [0.1, 0.15) is 11.1 Å². The van der Waals surface area contributed by atoms with E-state index >= 15 is 0 Å². The molecule has 5 nitrogen and oxygen atoms in total. The summed E-state index contributed by atoms with van der Waals surface area (Å²) in [5, 5.41) is 11.9. The maximum Gasteiger partial charge on any atom is 0.243 e. The Balaban J connectivity index is 0.00000180. The molecule has 1 N–H and O–H groups in total. The molecule has 1 aliphatic rings. The molecule has 2 rings (SSSR count). The van der Waals surface area contributed by atoms with Gasteiger partial charge in [-0.3, -0.25) is 0 Å². The first-order valence-electron chi connectivity index (χ1n) is 5.66. The van der Waals surface area contributed by atoms with E-state index < -0.39 is 10.0 Å². The van der Waals surface area contributed by atoms with Gasteiger partial charge in [-0.25, -0.2) is 8.42 Å². The Hall–Kier alpha value is -1.13. The van der Waals surface area contributed by atoms with E-state index in [0.717, 1.165) is 0 Å². The van der Waals surface area contributed by atoms with E-state index in [-0.39, 0.29) is 23.3 Å². The molecule has 1 heterocycles. The van der Waals surface area contributed by atoms with Crippen LogP contribution < -0.4 is 5.32 Å². The van der Waals surface area contributed by atoms with Gasteiger partial charge in [0, 0.05) is 26.2 Å². The van der Waals surface area contributed by atoms with Crippen LogP contribution in [-0.4, -0.2) is 38.9 Å². The van der Waals surface area contributed by atoms with Gasteiger partial charge in [-0.05, 0) is 24.6 Å². The fraction of sp³-hybridized carbons (Fsp3) is 0.417. The van der Waals surface area contributed by atoms with E-state index in [9.17, 15) is 8.42 Å². The first kappa shape index (κ1) is 15.9. The molecule has 0 spiro atoms. The first-order chi connectivity index (χ1) is 8.46. The van der Waals surface area contributed by atoms with Crippen molar-refractivity contribution in [3.8, 4) is 6.07 Å². The van der Waals surface area contributed by atoms with Crippen LogP contribution in [0.25, 0.3) is 0 Å². The highest BCUT2D eigenvalue weighted by atomic mass is 35.5. The maximum atomic E-state index is 12.4. The molecular weight excluding hydrogens is 286 g/mol. The van der Waals surface area contributed by atoms with Crippen molar-refractivity contribution >= 4 is 22.4 Å². The van der Waals surface area contributed by atoms with Crippen LogP contribution in [0.5, 0.6) is 0 Å². The predicted octanol–water partition coefficient (Wildman–Crippen LogP) is 0.881. The molecular formula is C12H16ClN3O2S. The number of halogens is 1. The Kier molecular flexibility index (Phi) is 4.93. The molecule has 19 heavy (non-hydrogen) atoms. The van der Waals surface area contributed by atoms with Crippen molar-refractivity contribution in [2.24, 2.45) is 0 Å². The second-order valence-electron chi connectivity index (χ2n) is 4.43. The van der Waals surface area contributed by atoms with Crippen LogP contribution in [0.3, 0.4) is 0 Å². The Labute approximate surface area is 119 Å². The number of aryl methyl sites for hydroxylation is 1. The molecule has 1 aromatic rings. The maximum absolute atomic E-state index is 12.4. The molecule has 1 aromatic carbocycles. The van der Waals surface area contributed by atoms with Crippen molar-refractivity contribution in [1.82, 2.24) is 9.62 Å². The summed E-state index contributed by atoms with van der Waals surface area (Å²) in [5.74, 6) is 0. The molecule has 0 aromatic heterocycles. The zero-order valence-electron chi connectivity index (χ0n) is 10.8. The van der Waals surface area contributed by atoms with Crippen LogP contribution in [0, 0.1) is 18.3 Å². The summed E-state index contributed by atoms with van der Waals surface area (Å²) >= 11 is 0. The molecule has 0 bridgehead atoms. The number of nitriles is 1. The SMILES string of the molecule is Cc1ccc(C#N)cc1S(=O)(=O)N(C)C1CNC1.Cl. The van der Waals surface area contributed by atoms with E-state index in [1.54, 1.807) is 26.1 Å². The third-order valence-electron chi connectivity index (χ3n) is 3.25. The van der Waals surface area contributed by atoms with Gasteiger partial charge >= 0.3 is 0 Å². The van der Waals surface area contributed by atoms with Crippen LogP contribution in [0.4, 0.5) is 0 Å². The van der Waals surface area contributed by atoms with E-state index in [4.69, 9.17) is 5.26 Å². The van der Waals surface area contributed by atoms with Gasteiger partial charge < -0.3 is 5.32 Å². The number of nitrogens with one attached hydrogen (secondary N) is 1. The lowest BCUT2D eigenvalue weighted by atomic mass is 10.2. The van der Waals surface area contributed by atoms with E-state index in [0.29, 0.717) is 24.2 Å². The molecule has 1 aliphatic heterocycles. The number of likely N-dealkylation sites (N-methyl/N-ethyl adjacent to an activating group) is 1. The molecule has 0 aliphatic carbocycles. The number of hydrogen-bond donors (Lipinski definition) is 1. The Bertz CT molecular complexity index is 606. The summed E-state index contributed by atoms with van der Waals surface area (Å²) in [4.78, 5) is 0.218. The van der Waals surface area contributed by atoms with E-state index in [2.05, 4.69) is 5.32 Å². The smallest absolute Gasteiger partial charge is 0.243 e. The minimum atomic E-state index is -3.52. The molecule has 7 heteroatoms. The molecule has 1 saturated heterocycles. The lowest BCUT2D eigenvalue weighted by molar-refractivity contribution is 0.274. The zero-order chi connectivity index (χ0) is 13.3. The third-order valence-corrected chi connectivity index (χ3v) is 5.30. The molecule has 0 unspecified atom stereocenters. The van der Waals surface area contributed by atoms with Gasteiger partial charge in [0.1, 0.15) is 0 Å². The summed E-state index contributed by atoms with van der Waals surface area (Å²) in [5.41, 5.74) is 1.02. The highest BCUT2D eigenvalue weighted by Gasteiger charge is 2.32. The van der Waals surface area contributed by atoms with Crippen LogP contribution in [0.2, 0.25) is 0 Å². The van der Waals surface area contributed by atoms with Crippen LogP contribution in [-0.2, 0) is 10.0 Å². The summed E-state index contributed by atoms with van der Waals surface area (Å²) in [7, 11) is -1.94. The fourth-order valence-electron chi connectivity index (χ4n) is 1.83. The average Bonchev–Trinajstić information content (AvgIpc) is 2.27. The number of rotatable bonds is 3. The largest absolute Gasteiger partial charge is 0.313 e. The Morgan fingerprint density at radius 1 is 1.42 bits per heavy atom. The summed E-state index contributed by atoms with van der Waals surface area (Å²) in [6.07, 6.45) is 0. The summed E-state index contributed by atoms with van der Waals surface area (Å²) in [6, 6.07) is 6.69. The molecule has 0 amide bonds. The van der Waals surface area contributed by atoms with Crippen LogP contribution in [0.15, 0.2) is 23.1 Å². The second-order valence-corrected chi connectivity index (χ2v) is 6.39. The van der Waals surface area contributed by atoms with Gasteiger partial charge in [0.15, 0.2) is 0 Å². The topological polar surface area (TPSA) is 73.2 Å². The normalized spacial score (nSPS) is 15.5. The highest BCUT2D eigenvalue weighted by Crippen LogP contribution is 2.22. The Morgan fingerprint density at radius 2 is 2.05 bits per heavy atom. The molecule has 0 saturated carbocycles.